The largest absolute Gasteiger partial charge is 0.329 e. The zero-order valence-electron chi connectivity index (χ0n) is 13.3. The minimum Gasteiger partial charge on any atom is -0.329 e. The van der Waals surface area contributed by atoms with Crippen LogP contribution in [0.25, 0.3) is 0 Å². The normalized spacial score (nSPS) is 10.8. The highest BCUT2D eigenvalue weighted by atomic mass is 32.1. The Morgan fingerprint density at radius 1 is 1.16 bits per heavy atom. The van der Waals surface area contributed by atoms with E-state index in [0.29, 0.717) is 12.2 Å². The molecule has 1 aromatic heterocycles. The van der Waals surface area contributed by atoms with Crippen LogP contribution < -0.4 is 10.7 Å². The van der Waals surface area contributed by atoms with Crippen LogP contribution in [0.2, 0.25) is 0 Å². The lowest BCUT2D eigenvalue weighted by Crippen LogP contribution is -2.24. The smallest absolute Gasteiger partial charge is 0.191 e. The van der Waals surface area contributed by atoms with Crippen molar-refractivity contribution in [3.63, 3.8) is 0 Å². The predicted octanol–water partition coefficient (Wildman–Crippen LogP) is 3.39. The Morgan fingerprint density at radius 3 is 2.72 bits per heavy atom. The van der Waals surface area contributed by atoms with E-state index in [2.05, 4.69) is 20.9 Å². The molecule has 0 amide bonds. The fraction of sp³-hybridized carbons (Fsp3) is 0.0556. The van der Waals surface area contributed by atoms with Crippen molar-refractivity contribution in [1.82, 2.24) is 15.2 Å². The third kappa shape index (κ3) is 4.95. The van der Waals surface area contributed by atoms with Crippen molar-refractivity contribution >= 4 is 29.2 Å². The molecule has 5 nitrogen and oxygen atoms in total. The first-order chi connectivity index (χ1) is 12.2. The van der Waals surface area contributed by atoms with Gasteiger partial charge in [-0.2, -0.15) is 10.2 Å². The molecule has 0 fully saturated rings. The lowest BCUT2D eigenvalue weighted by molar-refractivity contribution is 0.632. The fourth-order valence-electron chi connectivity index (χ4n) is 2.18. The number of rotatable bonds is 5. The minimum atomic E-state index is -0.377. The number of nitrogens with zero attached hydrogens (tertiary/aromatic N) is 3. The van der Waals surface area contributed by atoms with Gasteiger partial charge in [-0.3, -0.25) is 10.1 Å². The van der Waals surface area contributed by atoms with Crippen molar-refractivity contribution < 1.29 is 4.39 Å². The van der Waals surface area contributed by atoms with Crippen LogP contribution in [-0.4, -0.2) is 21.1 Å². The zero-order valence-corrected chi connectivity index (χ0v) is 14.1. The van der Waals surface area contributed by atoms with Crippen LogP contribution in [0.1, 0.15) is 11.1 Å². The van der Waals surface area contributed by atoms with Crippen LogP contribution in [0.3, 0.4) is 0 Å². The Kier molecular flexibility index (Phi) is 5.48. The van der Waals surface area contributed by atoms with Gasteiger partial charge in [0.25, 0.3) is 0 Å². The van der Waals surface area contributed by atoms with Gasteiger partial charge in [0, 0.05) is 11.8 Å². The Labute approximate surface area is 150 Å². The molecule has 0 atom stereocenters. The molecule has 0 radical (unpaired) electrons. The lowest BCUT2D eigenvalue weighted by Gasteiger charge is -2.07. The van der Waals surface area contributed by atoms with Gasteiger partial charge in [-0.25, -0.2) is 4.39 Å². The monoisotopic (exact) mass is 353 g/mol. The predicted molar refractivity (Wildman–Crippen MR) is 101 cm³/mol. The van der Waals surface area contributed by atoms with Crippen molar-refractivity contribution in [2.24, 2.45) is 5.10 Å². The third-order valence-electron chi connectivity index (χ3n) is 3.34. The Bertz CT molecular complexity index is 876. The maximum atomic E-state index is 13.5. The number of anilines is 1. The molecule has 0 saturated heterocycles. The lowest BCUT2D eigenvalue weighted by atomic mass is 10.2. The summed E-state index contributed by atoms with van der Waals surface area (Å²) in [6.45, 7) is 0.690. The fourth-order valence-corrected chi connectivity index (χ4v) is 2.34. The van der Waals surface area contributed by atoms with Crippen molar-refractivity contribution in [2.45, 2.75) is 6.54 Å². The van der Waals surface area contributed by atoms with Gasteiger partial charge in [-0.1, -0.05) is 42.5 Å². The summed E-state index contributed by atoms with van der Waals surface area (Å²) >= 11 is 5.08. The average Bonchev–Trinajstić information content (AvgIpc) is 3.05. The zero-order chi connectivity index (χ0) is 17.5. The molecule has 2 N–H and O–H groups in total. The van der Waals surface area contributed by atoms with Crippen LogP contribution >= 0.6 is 12.2 Å². The highest BCUT2D eigenvalue weighted by Crippen LogP contribution is 2.11. The molecule has 0 spiro atoms. The van der Waals surface area contributed by atoms with Gasteiger partial charge in [-0.15, -0.1) is 0 Å². The van der Waals surface area contributed by atoms with Crippen LogP contribution in [0, 0.1) is 5.82 Å². The van der Waals surface area contributed by atoms with E-state index < -0.39 is 0 Å². The maximum Gasteiger partial charge on any atom is 0.191 e. The van der Waals surface area contributed by atoms with Gasteiger partial charge in [0.2, 0.25) is 0 Å². The second-order valence-electron chi connectivity index (χ2n) is 5.26. The van der Waals surface area contributed by atoms with E-state index >= 15 is 0 Å². The molecule has 0 aliphatic heterocycles. The first-order valence-electron chi connectivity index (χ1n) is 7.62. The summed E-state index contributed by atoms with van der Waals surface area (Å²) < 4.78 is 15.3. The quantitative estimate of drug-likeness (QED) is 0.419. The van der Waals surface area contributed by atoms with E-state index in [1.165, 1.54) is 11.6 Å². The number of benzene rings is 2. The van der Waals surface area contributed by atoms with Gasteiger partial charge in [0.05, 0.1) is 24.6 Å². The van der Waals surface area contributed by atoms with Gasteiger partial charge >= 0.3 is 0 Å². The van der Waals surface area contributed by atoms with Gasteiger partial charge in [0.15, 0.2) is 5.11 Å². The highest BCUT2D eigenvalue weighted by Gasteiger charge is 2.02. The summed E-state index contributed by atoms with van der Waals surface area (Å²) in [4.78, 5) is 0. The molecule has 0 saturated carbocycles. The summed E-state index contributed by atoms with van der Waals surface area (Å²) in [7, 11) is 0. The van der Waals surface area contributed by atoms with Crippen molar-refractivity contribution in [3.05, 3.63) is 83.9 Å². The summed E-state index contributed by atoms with van der Waals surface area (Å²) in [6, 6.07) is 16.3. The van der Waals surface area contributed by atoms with Crippen molar-refractivity contribution in [3.8, 4) is 0 Å². The van der Waals surface area contributed by atoms with E-state index in [1.54, 1.807) is 30.6 Å². The molecule has 0 bridgehead atoms. The second kappa shape index (κ2) is 8.16. The van der Waals surface area contributed by atoms with Crippen LogP contribution in [0.5, 0.6) is 0 Å². The molecule has 1 heterocycles. The number of hydrazone groups is 1. The van der Waals surface area contributed by atoms with Gasteiger partial charge < -0.3 is 5.32 Å². The molecular weight excluding hydrogens is 337 g/mol. The Hall–Kier alpha value is -3.06. The first kappa shape index (κ1) is 16.8. The molecular formula is C18H16FN5S. The summed E-state index contributed by atoms with van der Waals surface area (Å²) in [5.41, 5.74) is 4.95. The van der Waals surface area contributed by atoms with Crippen molar-refractivity contribution in [2.75, 3.05) is 5.32 Å². The van der Waals surface area contributed by atoms with E-state index in [-0.39, 0.29) is 10.9 Å². The summed E-state index contributed by atoms with van der Waals surface area (Å²) in [5.74, 6) is -0.377. The molecule has 7 heteroatoms. The number of thiocarbonyl (C=S) groups is 1. The molecule has 126 valence electrons. The summed E-state index contributed by atoms with van der Waals surface area (Å²) in [5, 5.41) is 11.3. The number of aromatic nitrogens is 2. The number of halogens is 1. The van der Waals surface area contributed by atoms with E-state index in [9.17, 15) is 4.39 Å². The summed E-state index contributed by atoms with van der Waals surface area (Å²) in [6.07, 6.45) is 5.19. The number of hydrogen-bond acceptors (Lipinski definition) is 3. The van der Waals surface area contributed by atoms with E-state index in [0.717, 1.165) is 5.56 Å². The van der Waals surface area contributed by atoms with E-state index in [1.807, 2.05) is 41.2 Å². The molecule has 25 heavy (non-hydrogen) atoms. The third-order valence-corrected chi connectivity index (χ3v) is 3.54. The molecule has 0 aliphatic carbocycles. The van der Waals surface area contributed by atoms with Crippen LogP contribution in [0.4, 0.5) is 10.1 Å². The SMILES string of the molecule is Fc1ccccc1NC(=S)N/N=C\c1cnn(Cc2ccccc2)c1. The molecule has 3 rings (SSSR count). The van der Waals surface area contributed by atoms with Crippen molar-refractivity contribution in [1.29, 1.82) is 0 Å². The molecule has 0 unspecified atom stereocenters. The number of nitrogens with one attached hydrogen (secondary N) is 2. The topological polar surface area (TPSA) is 54.2 Å². The highest BCUT2D eigenvalue weighted by molar-refractivity contribution is 7.80. The number of hydrogen-bond donors (Lipinski definition) is 2. The number of para-hydroxylation sites is 1. The Balaban J connectivity index is 1.52. The average molecular weight is 353 g/mol. The molecule has 0 aliphatic rings. The van der Waals surface area contributed by atoms with E-state index in [4.69, 9.17) is 12.2 Å². The van der Waals surface area contributed by atoms with Gasteiger partial charge in [-0.05, 0) is 29.9 Å². The van der Waals surface area contributed by atoms with Crippen LogP contribution in [0.15, 0.2) is 72.1 Å². The minimum absolute atomic E-state index is 0.207. The first-order valence-corrected chi connectivity index (χ1v) is 8.02. The second-order valence-corrected chi connectivity index (χ2v) is 5.67. The Morgan fingerprint density at radius 2 is 1.92 bits per heavy atom. The standard InChI is InChI=1S/C18H16FN5S/c19-16-8-4-5-9-17(16)22-18(25)23-20-10-15-11-21-24(13-15)12-14-6-2-1-3-7-14/h1-11,13H,12H2,(H2,22,23,25)/b20-10-. The molecule has 3 aromatic rings. The van der Waals surface area contributed by atoms with Gasteiger partial charge in [0.1, 0.15) is 5.82 Å². The maximum absolute atomic E-state index is 13.5. The molecule has 2 aromatic carbocycles. The van der Waals surface area contributed by atoms with Crippen LogP contribution in [-0.2, 0) is 6.54 Å².